The van der Waals surface area contributed by atoms with Gasteiger partial charge in [0, 0.05) is 22.8 Å². The van der Waals surface area contributed by atoms with Crippen LogP contribution in [0.25, 0.3) is 33.1 Å². The fraction of sp³-hybridized carbons (Fsp3) is 0.200. The highest BCUT2D eigenvalue weighted by Crippen LogP contribution is 2.39. The van der Waals surface area contributed by atoms with Gasteiger partial charge in [-0.2, -0.15) is 5.10 Å². The van der Waals surface area contributed by atoms with Gasteiger partial charge in [-0.1, -0.05) is 0 Å². The number of phenols is 1. The van der Waals surface area contributed by atoms with Gasteiger partial charge in [-0.15, -0.1) is 0 Å². The molecular formula is C20H15I2N3O2. The zero-order valence-corrected chi connectivity index (χ0v) is 18.4. The molecule has 5 rings (SSSR count). The largest absolute Gasteiger partial charge is 0.506 e. The lowest BCUT2D eigenvalue weighted by molar-refractivity contribution is 0.159. The Bertz CT molecular complexity index is 1200. The number of aliphatic hydroxyl groups excluding tert-OH is 1. The quantitative estimate of drug-likeness (QED) is 0.288. The van der Waals surface area contributed by atoms with Crippen molar-refractivity contribution in [2.24, 2.45) is 0 Å². The average Bonchev–Trinajstić information content (AvgIpc) is 3.13. The monoisotopic (exact) mass is 583 g/mol. The maximum absolute atomic E-state index is 10.3. The zero-order chi connectivity index (χ0) is 18.7. The van der Waals surface area contributed by atoms with Crippen LogP contribution >= 0.6 is 45.2 Å². The van der Waals surface area contributed by atoms with E-state index in [9.17, 15) is 10.2 Å². The number of aromatic nitrogens is 3. The molecule has 0 aliphatic heterocycles. The standard InChI is InChI=1S/C20H15I2N3O2/c21-14-5-9(6-15(22)20(14)27)19-12-7-10(26)1-2-11(12)18-13-8-23-25-16(13)3-4-17(18)24-19/h3-6,8,10,26-27H,1-2,7H2,(H,23,25). The summed E-state index contributed by atoms with van der Waals surface area (Å²) in [5.41, 5.74) is 6.17. The van der Waals surface area contributed by atoms with Gasteiger partial charge in [-0.3, -0.25) is 5.10 Å². The lowest BCUT2D eigenvalue weighted by atomic mass is 9.84. The summed E-state index contributed by atoms with van der Waals surface area (Å²) in [5, 5.41) is 29.9. The molecule has 0 radical (unpaired) electrons. The first kappa shape index (κ1) is 17.6. The second-order valence-electron chi connectivity index (χ2n) is 6.89. The first-order chi connectivity index (χ1) is 13.0. The van der Waals surface area contributed by atoms with E-state index >= 15 is 0 Å². The van der Waals surface area contributed by atoms with Crippen molar-refractivity contribution >= 4 is 67.0 Å². The lowest BCUT2D eigenvalue weighted by Crippen LogP contribution is -2.20. The molecule has 4 aromatic rings. The molecule has 2 aromatic carbocycles. The molecule has 0 spiro atoms. The molecule has 1 unspecified atom stereocenters. The second-order valence-corrected chi connectivity index (χ2v) is 9.22. The van der Waals surface area contributed by atoms with Crippen LogP contribution in [0.3, 0.4) is 0 Å². The van der Waals surface area contributed by atoms with Crippen LogP contribution in [0.5, 0.6) is 5.75 Å². The summed E-state index contributed by atoms with van der Waals surface area (Å²) in [6, 6.07) is 7.96. The number of phenolic OH excluding ortho intramolecular Hbond substituents is 1. The van der Waals surface area contributed by atoms with Gasteiger partial charge >= 0.3 is 0 Å². The van der Waals surface area contributed by atoms with Gasteiger partial charge in [0.2, 0.25) is 0 Å². The third kappa shape index (κ3) is 2.82. The SMILES string of the molecule is Oc1c(I)cc(-c2nc3ccc4[nH]ncc4c3c3c2CC(O)CC3)cc1I. The van der Waals surface area contributed by atoms with Crippen LogP contribution in [0.2, 0.25) is 0 Å². The van der Waals surface area contributed by atoms with Gasteiger partial charge in [-0.25, -0.2) is 4.98 Å². The number of aliphatic hydroxyl groups is 1. The number of benzene rings is 2. The third-order valence-electron chi connectivity index (χ3n) is 5.24. The minimum Gasteiger partial charge on any atom is -0.506 e. The summed E-state index contributed by atoms with van der Waals surface area (Å²) >= 11 is 4.29. The molecule has 1 aliphatic carbocycles. The van der Waals surface area contributed by atoms with Crippen LogP contribution in [0.4, 0.5) is 0 Å². The van der Waals surface area contributed by atoms with Gasteiger partial charge in [0.25, 0.3) is 0 Å². The highest BCUT2D eigenvalue weighted by molar-refractivity contribution is 14.1. The van der Waals surface area contributed by atoms with Crippen molar-refractivity contribution in [3.63, 3.8) is 0 Å². The Labute approximate surface area is 182 Å². The van der Waals surface area contributed by atoms with E-state index in [-0.39, 0.29) is 6.10 Å². The Balaban J connectivity index is 1.88. The van der Waals surface area contributed by atoms with Crippen molar-refractivity contribution in [3.8, 4) is 17.0 Å². The smallest absolute Gasteiger partial charge is 0.142 e. The fourth-order valence-corrected chi connectivity index (χ4v) is 5.75. The van der Waals surface area contributed by atoms with Crippen LogP contribution in [0, 0.1) is 7.14 Å². The van der Waals surface area contributed by atoms with E-state index in [1.807, 2.05) is 30.5 Å². The summed E-state index contributed by atoms with van der Waals surface area (Å²) < 4.78 is 1.60. The molecule has 136 valence electrons. The molecule has 3 N–H and O–H groups in total. The lowest BCUT2D eigenvalue weighted by Gasteiger charge is -2.25. The highest BCUT2D eigenvalue weighted by atomic mass is 127. The van der Waals surface area contributed by atoms with Crippen molar-refractivity contribution in [1.29, 1.82) is 0 Å². The summed E-state index contributed by atoms with van der Waals surface area (Å²) in [7, 11) is 0. The number of halogens is 2. The highest BCUT2D eigenvalue weighted by Gasteiger charge is 2.25. The molecule has 2 aromatic heterocycles. The van der Waals surface area contributed by atoms with Crippen LogP contribution < -0.4 is 0 Å². The predicted molar refractivity (Wildman–Crippen MR) is 122 cm³/mol. The zero-order valence-electron chi connectivity index (χ0n) is 14.1. The van der Waals surface area contributed by atoms with Gasteiger partial charge in [0.05, 0.1) is 36.2 Å². The van der Waals surface area contributed by atoms with Crippen LogP contribution in [-0.2, 0) is 12.8 Å². The molecule has 0 bridgehead atoms. The number of rotatable bonds is 1. The van der Waals surface area contributed by atoms with Crippen molar-refractivity contribution in [2.75, 3.05) is 0 Å². The minimum absolute atomic E-state index is 0.301. The van der Waals surface area contributed by atoms with Crippen LogP contribution in [-0.4, -0.2) is 31.5 Å². The molecule has 27 heavy (non-hydrogen) atoms. The Morgan fingerprint density at radius 2 is 1.89 bits per heavy atom. The maximum Gasteiger partial charge on any atom is 0.142 e. The van der Waals surface area contributed by atoms with E-state index in [1.165, 1.54) is 5.56 Å². The molecule has 2 heterocycles. The van der Waals surface area contributed by atoms with Crippen molar-refractivity contribution in [2.45, 2.75) is 25.4 Å². The van der Waals surface area contributed by atoms with E-state index in [4.69, 9.17) is 4.98 Å². The summed E-state index contributed by atoms with van der Waals surface area (Å²) in [6.07, 6.45) is 3.67. The molecule has 5 nitrogen and oxygen atoms in total. The fourth-order valence-electron chi connectivity index (χ4n) is 3.98. The molecule has 1 aliphatic rings. The Morgan fingerprint density at radius 3 is 2.67 bits per heavy atom. The Morgan fingerprint density at radius 1 is 1.11 bits per heavy atom. The number of H-pyrrole nitrogens is 1. The van der Waals surface area contributed by atoms with Crippen molar-refractivity contribution in [1.82, 2.24) is 15.2 Å². The van der Waals surface area contributed by atoms with E-state index < -0.39 is 0 Å². The number of fused-ring (bicyclic) bond motifs is 5. The minimum atomic E-state index is -0.352. The van der Waals surface area contributed by atoms with Crippen LogP contribution in [0.1, 0.15) is 17.5 Å². The average molecular weight is 583 g/mol. The Kier molecular flexibility index (Phi) is 4.28. The first-order valence-corrected chi connectivity index (χ1v) is 10.8. The number of hydrogen-bond donors (Lipinski definition) is 3. The van der Waals surface area contributed by atoms with Gasteiger partial charge < -0.3 is 10.2 Å². The van der Waals surface area contributed by atoms with Crippen molar-refractivity contribution < 1.29 is 10.2 Å². The van der Waals surface area contributed by atoms with E-state index in [2.05, 4.69) is 55.4 Å². The normalized spacial score (nSPS) is 16.8. The van der Waals surface area contributed by atoms with E-state index in [0.717, 1.165) is 58.6 Å². The molecule has 0 fully saturated rings. The maximum atomic E-state index is 10.3. The topological polar surface area (TPSA) is 82.0 Å². The summed E-state index contributed by atoms with van der Waals surface area (Å²) in [4.78, 5) is 4.99. The molecule has 0 saturated heterocycles. The predicted octanol–water partition coefficient (Wildman–Crippen LogP) is 4.54. The number of aryl methyl sites for hydroxylation is 1. The molecule has 1 atom stereocenters. The van der Waals surface area contributed by atoms with E-state index in [0.29, 0.717) is 12.2 Å². The Hall–Kier alpha value is -1.46. The molecule has 0 amide bonds. The van der Waals surface area contributed by atoms with Crippen LogP contribution in [0.15, 0.2) is 30.5 Å². The number of nitrogens with one attached hydrogen (secondary N) is 1. The first-order valence-electron chi connectivity index (χ1n) is 8.67. The number of aromatic amines is 1. The molecule has 0 saturated carbocycles. The second kappa shape index (κ2) is 6.56. The van der Waals surface area contributed by atoms with Gasteiger partial charge in [-0.05, 0) is 93.4 Å². The summed E-state index contributed by atoms with van der Waals surface area (Å²) in [5.74, 6) is 0.301. The van der Waals surface area contributed by atoms with Gasteiger partial charge in [0.15, 0.2) is 0 Å². The summed E-state index contributed by atoms with van der Waals surface area (Å²) in [6.45, 7) is 0. The molecular weight excluding hydrogens is 568 g/mol. The number of aromatic hydroxyl groups is 1. The number of nitrogens with zero attached hydrogens (tertiary/aromatic N) is 2. The number of hydrogen-bond acceptors (Lipinski definition) is 4. The number of pyridine rings is 1. The van der Waals surface area contributed by atoms with E-state index in [1.54, 1.807) is 0 Å². The molecule has 7 heteroatoms. The third-order valence-corrected chi connectivity index (χ3v) is 6.89. The van der Waals surface area contributed by atoms with Crippen molar-refractivity contribution in [3.05, 3.63) is 48.7 Å². The van der Waals surface area contributed by atoms with Gasteiger partial charge in [0.1, 0.15) is 5.75 Å².